The van der Waals surface area contributed by atoms with E-state index in [4.69, 9.17) is 9.47 Å². The molecule has 5 rings (SSSR count). The van der Waals surface area contributed by atoms with Crippen molar-refractivity contribution in [1.29, 1.82) is 5.26 Å². The van der Waals surface area contributed by atoms with Gasteiger partial charge >= 0.3 is 0 Å². The number of H-pyrrole nitrogens is 1. The fraction of sp³-hybridized carbons (Fsp3) is 0.333. The Hall–Kier alpha value is -5.46. The van der Waals surface area contributed by atoms with Gasteiger partial charge in [-0.1, -0.05) is 83.1 Å². The minimum atomic E-state index is -0.452. The largest absolute Gasteiger partial charge is 0.508 e. The van der Waals surface area contributed by atoms with E-state index in [-0.39, 0.29) is 28.0 Å². The van der Waals surface area contributed by atoms with E-state index in [1.165, 1.54) is 4.68 Å². The number of nitrogens with one attached hydrogen (secondary N) is 1. The Morgan fingerprint density at radius 1 is 0.863 bits per heavy atom. The lowest BCUT2D eigenvalue weighted by Gasteiger charge is -2.34. The third-order valence-electron chi connectivity index (χ3n) is 8.78. The number of azo groups is 1. The number of phenolic OH excluding ortho intramolecular Hbond substituents is 1. The molecule has 0 fully saturated rings. The third-order valence-corrected chi connectivity index (χ3v) is 8.78. The number of para-hydroxylation sites is 1. The van der Waals surface area contributed by atoms with Crippen LogP contribution in [0.2, 0.25) is 0 Å². The summed E-state index contributed by atoms with van der Waals surface area (Å²) in [5, 5.41) is 32.1. The molecule has 0 radical (unpaired) electrons. The molecule has 9 nitrogen and oxygen atoms in total. The van der Waals surface area contributed by atoms with Crippen LogP contribution in [0.4, 0.5) is 11.4 Å². The summed E-state index contributed by atoms with van der Waals surface area (Å²) in [5.74, 6) is 1.05. The maximum absolute atomic E-state index is 13.0. The molecule has 0 spiro atoms. The van der Waals surface area contributed by atoms with Crippen LogP contribution in [-0.2, 0) is 23.0 Å². The Kier molecular flexibility index (Phi) is 11.3. The summed E-state index contributed by atoms with van der Waals surface area (Å²) in [6.45, 7) is 14.2. The average Bonchev–Trinajstić information content (AvgIpc) is 3.41. The maximum Gasteiger partial charge on any atom is 0.300 e. The zero-order valence-corrected chi connectivity index (χ0v) is 30.6. The number of aromatic amines is 1. The minimum absolute atomic E-state index is 0.0403. The van der Waals surface area contributed by atoms with Crippen molar-refractivity contribution in [1.82, 2.24) is 9.78 Å². The molecule has 4 aromatic carbocycles. The predicted molar refractivity (Wildman–Crippen MR) is 201 cm³/mol. The molecule has 0 saturated heterocycles. The van der Waals surface area contributed by atoms with Gasteiger partial charge in [0.1, 0.15) is 24.2 Å². The summed E-state index contributed by atoms with van der Waals surface area (Å²) in [4.78, 5) is 13.0. The highest BCUT2D eigenvalue weighted by molar-refractivity contribution is 5.51. The van der Waals surface area contributed by atoms with Crippen molar-refractivity contribution in [2.75, 3.05) is 20.3 Å². The number of hydrogen-bond donors (Lipinski definition) is 2. The molecule has 2 N–H and O–H groups in total. The first-order valence-corrected chi connectivity index (χ1v) is 17.2. The van der Waals surface area contributed by atoms with E-state index < -0.39 is 5.56 Å². The third kappa shape index (κ3) is 9.21. The molecule has 9 heteroatoms. The molecule has 0 aliphatic rings. The fourth-order valence-corrected chi connectivity index (χ4v) is 6.89. The molecular formula is C42H47N5O4. The van der Waals surface area contributed by atoms with Crippen molar-refractivity contribution in [2.45, 2.75) is 66.2 Å². The molecule has 264 valence electrons. The van der Waals surface area contributed by atoms with Crippen LogP contribution in [-0.4, -0.2) is 35.2 Å². The lowest BCUT2D eigenvalue weighted by molar-refractivity contribution is 0.146. The van der Waals surface area contributed by atoms with Crippen molar-refractivity contribution >= 4 is 11.4 Å². The number of aryl methyl sites for hydroxylation is 1. The summed E-state index contributed by atoms with van der Waals surface area (Å²) < 4.78 is 12.6. The Balaban J connectivity index is 1.36. The first-order valence-electron chi connectivity index (χ1n) is 17.2. The lowest BCUT2D eigenvalue weighted by Crippen LogP contribution is -2.25. The van der Waals surface area contributed by atoms with Crippen molar-refractivity contribution < 1.29 is 14.6 Å². The second-order valence-corrected chi connectivity index (χ2v) is 14.8. The molecule has 0 saturated carbocycles. The fourth-order valence-electron chi connectivity index (χ4n) is 6.89. The predicted octanol–water partition coefficient (Wildman–Crippen LogP) is 9.39. The van der Waals surface area contributed by atoms with Crippen molar-refractivity contribution in [3.63, 3.8) is 0 Å². The highest BCUT2D eigenvalue weighted by atomic mass is 16.5. The molecule has 5 aromatic rings. The Bertz CT molecular complexity index is 2100. The van der Waals surface area contributed by atoms with Gasteiger partial charge in [0.15, 0.2) is 11.4 Å². The van der Waals surface area contributed by atoms with Gasteiger partial charge in [0, 0.05) is 13.5 Å². The molecule has 0 aliphatic heterocycles. The van der Waals surface area contributed by atoms with Crippen LogP contribution in [0.3, 0.4) is 0 Å². The molecule has 0 unspecified atom stereocenters. The summed E-state index contributed by atoms with van der Waals surface area (Å²) >= 11 is 0. The summed E-state index contributed by atoms with van der Waals surface area (Å²) in [5.41, 5.74) is 7.06. The zero-order chi connectivity index (χ0) is 36.8. The van der Waals surface area contributed by atoms with E-state index in [1.54, 1.807) is 19.2 Å². The smallest absolute Gasteiger partial charge is 0.300 e. The van der Waals surface area contributed by atoms with E-state index in [9.17, 15) is 15.2 Å². The average molecular weight is 686 g/mol. The number of rotatable bonds is 13. The first-order chi connectivity index (χ1) is 24.3. The highest BCUT2D eigenvalue weighted by Crippen LogP contribution is 2.40. The van der Waals surface area contributed by atoms with Crippen LogP contribution in [0.25, 0.3) is 5.69 Å². The minimum Gasteiger partial charge on any atom is -0.508 e. The second-order valence-electron chi connectivity index (χ2n) is 14.8. The topological polar surface area (TPSA) is 125 Å². The normalized spacial score (nSPS) is 12.0. The number of phenols is 1. The molecule has 1 heterocycles. The first kappa shape index (κ1) is 36.8. The Morgan fingerprint density at radius 2 is 1.57 bits per heavy atom. The van der Waals surface area contributed by atoms with Crippen molar-refractivity contribution in [3.8, 4) is 23.3 Å². The number of hydrogen-bond acceptors (Lipinski definition) is 7. The van der Waals surface area contributed by atoms with Crippen LogP contribution in [0.5, 0.6) is 11.5 Å². The van der Waals surface area contributed by atoms with E-state index in [0.29, 0.717) is 37.4 Å². The molecule has 1 aromatic heterocycles. The highest BCUT2D eigenvalue weighted by Gasteiger charge is 2.29. The molecular weight excluding hydrogens is 638 g/mol. The van der Waals surface area contributed by atoms with Gasteiger partial charge in [0.05, 0.1) is 18.0 Å². The summed E-state index contributed by atoms with van der Waals surface area (Å²) in [6.07, 6.45) is 2.16. The van der Waals surface area contributed by atoms with Crippen LogP contribution in [0.15, 0.2) is 100.0 Å². The van der Waals surface area contributed by atoms with E-state index in [2.05, 4.69) is 75.1 Å². The van der Waals surface area contributed by atoms with Gasteiger partial charge in [-0.15, -0.1) is 5.11 Å². The monoisotopic (exact) mass is 685 g/mol. The van der Waals surface area contributed by atoms with Crippen molar-refractivity contribution in [3.05, 3.63) is 134 Å². The Labute approximate surface area is 300 Å². The number of benzene rings is 4. The summed E-state index contributed by atoms with van der Waals surface area (Å²) in [6, 6.07) is 28.8. The lowest BCUT2D eigenvalue weighted by atomic mass is 9.71. The zero-order valence-electron chi connectivity index (χ0n) is 30.6. The van der Waals surface area contributed by atoms with Crippen molar-refractivity contribution in [2.24, 2.45) is 15.6 Å². The molecule has 0 amide bonds. The van der Waals surface area contributed by atoms with Gasteiger partial charge in [-0.3, -0.25) is 9.89 Å². The number of nitriles is 1. The van der Waals surface area contributed by atoms with E-state index in [0.717, 1.165) is 45.6 Å². The van der Waals surface area contributed by atoms with Crippen LogP contribution in [0, 0.1) is 23.7 Å². The van der Waals surface area contributed by atoms with Gasteiger partial charge < -0.3 is 14.6 Å². The second kappa shape index (κ2) is 15.6. The molecule has 0 aliphatic carbocycles. The molecule has 0 bridgehead atoms. The number of nitrogens with zero attached hydrogens (tertiary/aromatic N) is 4. The number of aromatic nitrogens is 2. The van der Waals surface area contributed by atoms with Gasteiger partial charge in [-0.25, -0.2) is 4.68 Å². The van der Waals surface area contributed by atoms with E-state index in [1.807, 2.05) is 60.7 Å². The van der Waals surface area contributed by atoms with Gasteiger partial charge in [-0.05, 0) is 100 Å². The number of ether oxygens (including phenoxy) is 2. The summed E-state index contributed by atoms with van der Waals surface area (Å²) in [7, 11) is 1.65. The van der Waals surface area contributed by atoms with Crippen LogP contribution < -0.4 is 10.3 Å². The van der Waals surface area contributed by atoms with Crippen LogP contribution >= 0.6 is 0 Å². The van der Waals surface area contributed by atoms with Crippen LogP contribution in [0.1, 0.15) is 80.1 Å². The SMILES string of the molecule is COCCOc1ccc(Cc2ccc(N=Nc3c(C#N)[nH]n(-c4ccccc4)c3=O)cc2)cc1Cc1cc(C)c(C(C)(C)CC(C)(C)C)cc1O. The van der Waals surface area contributed by atoms with E-state index >= 15 is 0 Å². The quantitative estimate of drug-likeness (QED) is 0.0944. The number of methoxy groups -OCH3 is 1. The Morgan fingerprint density at radius 3 is 2.24 bits per heavy atom. The van der Waals surface area contributed by atoms with Gasteiger partial charge in [0.2, 0.25) is 0 Å². The number of aromatic hydroxyl groups is 1. The molecule has 0 atom stereocenters. The maximum atomic E-state index is 13.0. The molecule has 51 heavy (non-hydrogen) atoms. The standard InChI is InChI=1S/C42H47N5O4/c1-28-21-31(37(48)25-35(28)42(5,6)27-41(2,3)4)24-32-23-30(15-18-38(32)51-20-19-50-7)22-29-13-16-33(17-14-29)44-45-39-36(26-43)46-47(40(39)49)34-11-9-8-10-12-34/h8-18,21,23,25,46,48H,19-20,22,24,27H2,1-7H3. The van der Waals surface area contributed by atoms with Gasteiger partial charge in [0.25, 0.3) is 5.56 Å². The van der Waals surface area contributed by atoms with Gasteiger partial charge in [-0.2, -0.15) is 10.4 Å².